The van der Waals surface area contributed by atoms with Gasteiger partial charge in [-0.1, -0.05) is 0 Å². The molecule has 0 amide bonds. The normalized spacial score (nSPS) is 25.7. The molecule has 1 saturated heterocycles. The summed E-state index contributed by atoms with van der Waals surface area (Å²) in [5, 5.41) is 9.04. The van der Waals surface area contributed by atoms with Gasteiger partial charge >= 0.3 is 0 Å². The van der Waals surface area contributed by atoms with Gasteiger partial charge in [-0.3, -0.25) is 9.69 Å². The number of morpholine rings is 1. The Morgan fingerprint density at radius 3 is 2.60 bits per heavy atom. The zero-order chi connectivity index (χ0) is 10.7. The van der Waals surface area contributed by atoms with Crippen molar-refractivity contribution in [3.8, 4) is 6.07 Å². The Hall–Kier alpha value is -0.920. The smallest absolute Gasteiger partial charge is 0.136 e. The molecular formula is C11H16N2O2. The lowest BCUT2D eigenvalue weighted by molar-refractivity contribution is -0.130. The van der Waals surface area contributed by atoms with Crippen LogP contribution >= 0.6 is 0 Å². The molecule has 0 bridgehead atoms. The largest absolute Gasteiger partial charge is 0.379 e. The molecule has 0 spiro atoms. The Morgan fingerprint density at radius 1 is 1.40 bits per heavy atom. The molecule has 15 heavy (non-hydrogen) atoms. The highest BCUT2D eigenvalue weighted by Crippen LogP contribution is 2.40. The fraction of sp³-hybridized carbons (Fsp3) is 0.818. The zero-order valence-electron chi connectivity index (χ0n) is 8.87. The molecule has 1 heterocycles. The molecule has 2 rings (SSSR count). The first-order chi connectivity index (χ1) is 7.24. The van der Waals surface area contributed by atoms with E-state index in [0.29, 0.717) is 12.8 Å². The lowest BCUT2D eigenvalue weighted by Gasteiger charge is -2.36. The molecule has 0 aromatic rings. The summed E-state index contributed by atoms with van der Waals surface area (Å²) >= 11 is 0. The molecule has 0 N–H and O–H groups in total. The quantitative estimate of drug-likeness (QED) is 0.681. The molecule has 82 valence electrons. The van der Waals surface area contributed by atoms with E-state index in [4.69, 9.17) is 10.00 Å². The van der Waals surface area contributed by atoms with Gasteiger partial charge in [0.05, 0.1) is 24.7 Å². The highest BCUT2D eigenvalue weighted by Gasteiger charge is 2.43. The number of rotatable bonds is 3. The van der Waals surface area contributed by atoms with Crippen LogP contribution in [-0.2, 0) is 9.53 Å². The van der Waals surface area contributed by atoms with Crippen molar-refractivity contribution < 1.29 is 9.53 Å². The van der Waals surface area contributed by atoms with Gasteiger partial charge in [-0.25, -0.2) is 0 Å². The standard InChI is InChI=1S/C11H16N2O2/c12-9-11(7-10(14)8-11)1-2-13-3-5-15-6-4-13/h1-8H2. The van der Waals surface area contributed by atoms with Crippen LogP contribution in [0.4, 0.5) is 0 Å². The number of carbonyl (C=O) groups is 1. The summed E-state index contributed by atoms with van der Waals surface area (Å²) in [5.74, 6) is 0.235. The van der Waals surface area contributed by atoms with Gasteiger partial charge in [0, 0.05) is 25.9 Å². The highest BCUT2D eigenvalue weighted by molar-refractivity contribution is 5.87. The van der Waals surface area contributed by atoms with E-state index in [-0.39, 0.29) is 11.2 Å². The van der Waals surface area contributed by atoms with Crippen molar-refractivity contribution in [2.45, 2.75) is 19.3 Å². The van der Waals surface area contributed by atoms with Crippen LogP contribution in [0.25, 0.3) is 0 Å². The summed E-state index contributed by atoms with van der Waals surface area (Å²) in [5.41, 5.74) is -0.338. The molecule has 4 heteroatoms. The summed E-state index contributed by atoms with van der Waals surface area (Å²) in [6, 6.07) is 2.31. The fourth-order valence-electron chi connectivity index (χ4n) is 2.21. The van der Waals surface area contributed by atoms with Gasteiger partial charge in [-0.15, -0.1) is 0 Å². The van der Waals surface area contributed by atoms with E-state index in [9.17, 15) is 4.79 Å². The second kappa shape index (κ2) is 4.30. The molecule has 2 aliphatic rings. The topological polar surface area (TPSA) is 53.3 Å². The third-order valence-electron chi connectivity index (χ3n) is 3.32. The highest BCUT2D eigenvalue weighted by atomic mass is 16.5. The van der Waals surface area contributed by atoms with Crippen LogP contribution < -0.4 is 0 Å². The molecule has 4 nitrogen and oxygen atoms in total. The number of ketones is 1. The van der Waals surface area contributed by atoms with Crippen molar-refractivity contribution in [1.82, 2.24) is 4.90 Å². The Balaban J connectivity index is 1.77. The van der Waals surface area contributed by atoms with Crippen molar-refractivity contribution >= 4 is 5.78 Å². The maximum Gasteiger partial charge on any atom is 0.136 e. The summed E-state index contributed by atoms with van der Waals surface area (Å²) in [4.78, 5) is 13.3. The van der Waals surface area contributed by atoms with Crippen LogP contribution in [0.5, 0.6) is 0 Å². The number of hydrogen-bond acceptors (Lipinski definition) is 4. The van der Waals surface area contributed by atoms with Gasteiger partial charge in [0.25, 0.3) is 0 Å². The average Bonchev–Trinajstić information content (AvgIpc) is 2.24. The summed E-state index contributed by atoms with van der Waals surface area (Å²) < 4.78 is 5.25. The van der Waals surface area contributed by atoms with Gasteiger partial charge in [-0.05, 0) is 13.0 Å². The second-order valence-electron chi connectivity index (χ2n) is 4.49. The van der Waals surface area contributed by atoms with Crippen LogP contribution in [0.3, 0.4) is 0 Å². The lowest BCUT2D eigenvalue weighted by atomic mass is 9.67. The van der Waals surface area contributed by atoms with E-state index < -0.39 is 0 Å². The Kier molecular flexibility index (Phi) is 3.03. The van der Waals surface area contributed by atoms with Crippen LogP contribution in [0.2, 0.25) is 0 Å². The van der Waals surface area contributed by atoms with Gasteiger partial charge in [0.1, 0.15) is 5.78 Å². The monoisotopic (exact) mass is 208 g/mol. The van der Waals surface area contributed by atoms with Gasteiger partial charge < -0.3 is 4.74 Å². The summed E-state index contributed by atoms with van der Waals surface area (Å²) in [6.07, 6.45) is 1.76. The van der Waals surface area contributed by atoms with Crippen molar-refractivity contribution in [3.63, 3.8) is 0 Å². The van der Waals surface area contributed by atoms with Crippen molar-refractivity contribution in [2.75, 3.05) is 32.8 Å². The van der Waals surface area contributed by atoms with E-state index in [1.165, 1.54) is 0 Å². The van der Waals surface area contributed by atoms with E-state index >= 15 is 0 Å². The van der Waals surface area contributed by atoms with Crippen LogP contribution in [0, 0.1) is 16.7 Å². The molecule has 1 aliphatic heterocycles. The zero-order valence-corrected chi connectivity index (χ0v) is 8.87. The van der Waals surface area contributed by atoms with E-state index in [2.05, 4.69) is 11.0 Å². The lowest BCUT2D eigenvalue weighted by Crippen LogP contribution is -2.42. The molecule has 0 aromatic heterocycles. The Bertz CT molecular complexity index is 281. The number of ether oxygens (including phenoxy) is 1. The van der Waals surface area contributed by atoms with Gasteiger partial charge in [0.15, 0.2) is 0 Å². The minimum atomic E-state index is -0.338. The van der Waals surface area contributed by atoms with Crippen LogP contribution in [0.1, 0.15) is 19.3 Å². The minimum Gasteiger partial charge on any atom is -0.379 e. The number of carbonyl (C=O) groups excluding carboxylic acids is 1. The van der Waals surface area contributed by atoms with Gasteiger partial charge in [-0.2, -0.15) is 5.26 Å². The van der Waals surface area contributed by atoms with Gasteiger partial charge in [0.2, 0.25) is 0 Å². The van der Waals surface area contributed by atoms with Crippen LogP contribution in [-0.4, -0.2) is 43.5 Å². The number of nitrogens with zero attached hydrogens (tertiary/aromatic N) is 2. The van der Waals surface area contributed by atoms with E-state index in [1.807, 2.05) is 0 Å². The summed E-state index contributed by atoms with van der Waals surface area (Å²) in [6.45, 7) is 4.41. The Labute approximate surface area is 89.8 Å². The maximum atomic E-state index is 10.9. The molecule has 2 fully saturated rings. The summed E-state index contributed by atoms with van der Waals surface area (Å²) in [7, 11) is 0. The molecule has 0 unspecified atom stereocenters. The second-order valence-corrected chi connectivity index (χ2v) is 4.49. The number of hydrogen-bond donors (Lipinski definition) is 0. The molecule has 0 aromatic carbocycles. The van der Waals surface area contributed by atoms with Crippen molar-refractivity contribution in [3.05, 3.63) is 0 Å². The van der Waals surface area contributed by atoms with E-state index in [0.717, 1.165) is 39.3 Å². The van der Waals surface area contributed by atoms with Crippen molar-refractivity contribution in [1.29, 1.82) is 5.26 Å². The average molecular weight is 208 g/mol. The minimum absolute atomic E-state index is 0.235. The van der Waals surface area contributed by atoms with Crippen molar-refractivity contribution in [2.24, 2.45) is 5.41 Å². The molecule has 0 atom stereocenters. The first-order valence-corrected chi connectivity index (χ1v) is 5.47. The molecule has 0 radical (unpaired) electrons. The number of Topliss-reactive ketones (excluding diaryl/α,β-unsaturated/α-hetero) is 1. The van der Waals surface area contributed by atoms with E-state index in [1.54, 1.807) is 0 Å². The third kappa shape index (κ3) is 2.36. The third-order valence-corrected chi connectivity index (χ3v) is 3.32. The first-order valence-electron chi connectivity index (χ1n) is 5.47. The number of nitriles is 1. The van der Waals surface area contributed by atoms with Crippen LogP contribution in [0.15, 0.2) is 0 Å². The Morgan fingerprint density at radius 2 is 2.07 bits per heavy atom. The fourth-order valence-corrected chi connectivity index (χ4v) is 2.21. The SMILES string of the molecule is N#CC1(CCN2CCOCC2)CC(=O)C1. The molecular weight excluding hydrogens is 192 g/mol. The molecule has 1 aliphatic carbocycles. The predicted octanol–water partition coefficient (Wildman–Crippen LogP) is 0.582. The maximum absolute atomic E-state index is 10.9. The molecule has 1 saturated carbocycles. The first kappa shape index (κ1) is 10.6. The predicted molar refractivity (Wildman–Crippen MR) is 54.2 cm³/mol.